The normalized spacial score (nSPS) is 11.1. The van der Waals surface area contributed by atoms with Crippen LogP contribution in [0.15, 0.2) is 30.3 Å². The molecule has 0 aliphatic rings. The fourth-order valence-electron chi connectivity index (χ4n) is 2.28. The predicted molar refractivity (Wildman–Crippen MR) is 95.0 cm³/mol. The van der Waals surface area contributed by atoms with E-state index in [-0.39, 0.29) is 24.5 Å². The molecule has 0 aromatic heterocycles. The van der Waals surface area contributed by atoms with Crippen molar-refractivity contribution in [3.63, 3.8) is 0 Å². The second-order valence-electron chi connectivity index (χ2n) is 6.58. The van der Waals surface area contributed by atoms with Crippen LogP contribution in [0.1, 0.15) is 31.1 Å². The number of alkyl carbamates (subject to hydrolysis) is 1. The standard InChI is InChI=1S/C19H22FNO5/c1-19(2,3)26-18(23)21-8-9-25-16-10-12-6-5-7-15(20)13(12)11-14(16)17(22)24-4/h5-7,10-11H,8-9H2,1-4H3,(H,21,23). The van der Waals surface area contributed by atoms with Crippen LogP contribution >= 0.6 is 0 Å². The van der Waals surface area contributed by atoms with Crippen molar-refractivity contribution in [1.82, 2.24) is 5.32 Å². The number of amides is 1. The number of ether oxygens (including phenoxy) is 3. The summed E-state index contributed by atoms with van der Waals surface area (Å²) in [6.45, 7) is 5.57. The zero-order valence-corrected chi connectivity index (χ0v) is 15.2. The van der Waals surface area contributed by atoms with Crippen LogP contribution in [0.25, 0.3) is 10.8 Å². The smallest absolute Gasteiger partial charge is 0.407 e. The van der Waals surface area contributed by atoms with Gasteiger partial charge in [-0.3, -0.25) is 0 Å². The Balaban J connectivity index is 2.10. The number of rotatable bonds is 5. The third kappa shape index (κ3) is 5.08. The quantitative estimate of drug-likeness (QED) is 0.648. The minimum Gasteiger partial charge on any atom is -0.491 e. The van der Waals surface area contributed by atoms with Gasteiger partial charge in [0.2, 0.25) is 0 Å². The summed E-state index contributed by atoms with van der Waals surface area (Å²) in [4.78, 5) is 23.6. The Morgan fingerprint density at radius 3 is 2.58 bits per heavy atom. The number of nitrogens with one attached hydrogen (secondary N) is 1. The Bertz CT molecular complexity index is 813. The van der Waals surface area contributed by atoms with Crippen molar-refractivity contribution in [2.45, 2.75) is 26.4 Å². The molecule has 0 saturated carbocycles. The molecule has 0 saturated heterocycles. The van der Waals surface area contributed by atoms with Gasteiger partial charge in [-0.15, -0.1) is 0 Å². The minimum absolute atomic E-state index is 0.101. The lowest BCUT2D eigenvalue weighted by molar-refractivity contribution is 0.0516. The fraction of sp³-hybridized carbons (Fsp3) is 0.368. The van der Waals surface area contributed by atoms with Gasteiger partial charge in [-0.1, -0.05) is 12.1 Å². The Kier molecular flexibility index (Phi) is 6.02. The highest BCUT2D eigenvalue weighted by Gasteiger charge is 2.17. The first-order valence-electron chi connectivity index (χ1n) is 8.11. The Labute approximate surface area is 151 Å². The first kappa shape index (κ1) is 19.5. The highest BCUT2D eigenvalue weighted by atomic mass is 19.1. The molecule has 0 atom stereocenters. The summed E-state index contributed by atoms with van der Waals surface area (Å²) in [6.07, 6.45) is -0.560. The average Bonchev–Trinajstić information content (AvgIpc) is 2.56. The number of esters is 1. The largest absolute Gasteiger partial charge is 0.491 e. The number of carbonyl (C=O) groups is 2. The molecule has 2 aromatic carbocycles. The molecule has 0 aliphatic carbocycles. The molecule has 0 fully saturated rings. The molecule has 0 unspecified atom stereocenters. The summed E-state index contributed by atoms with van der Waals surface area (Å²) in [5.41, 5.74) is -0.479. The van der Waals surface area contributed by atoms with Crippen molar-refractivity contribution < 1.29 is 28.2 Å². The van der Waals surface area contributed by atoms with Gasteiger partial charge < -0.3 is 19.5 Å². The Hall–Kier alpha value is -2.83. The summed E-state index contributed by atoms with van der Waals surface area (Å²) in [7, 11) is 1.24. The monoisotopic (exact) mass is 363 g/mol. The SMILES string of the molecule is COC(=O)c1cc2c(F)cccc2cc1OCCNC(=O)OC(C)(C)C. The van der Waals surface area contributed by atoms with Gasteiger partial charge in [0, 0.05) is 5.39 Å². The third-order valence-corrected chi connectivity index (χ3v) is 3.36. The predicted octanol–water partition coefficient (Wildman–Crippen LogP) is 3.67. The maximum atomic E-state index is 13.9. The molecule has 1 amide bonds. The van der Waals surface area contributed by atoms with E-state index in [2.05, 4.69) is 5.32 Å². The van der Waals surface area contributed by atoms with Gasteiger partial charge in [0.25, 0.3) is 0 Å². The molecule has 0 heterocycles. The minimum atomic E-state index is -0.634. The van der Waals surface area contributed by atoms with Crippen LogP contribution in [0, 0.1) is 5.82 Å². The van der Waals surface area contributed by atoms with Gasteiger partial charge in [-0.25, -0.2) is 14.0 Å². The molecule has 0 radical (unpaired) electrons. The van der Waals surface area contributed by atoms with Crippen molar-refractivity contribution in [2.75, 3.05) is 20.3 Å². The number of methoxy groups -OCH3 is 1. The first-order chi connectivity index (χ1) is 12.2. The van der Waals surface area contributed by atoms with E-state index in [1.165, 1.54) is 19.2 Å². The maximum absolute atomic E-state index is 13.9. The van der Waals surface area contributed by atoms with E-state index < -0.39 is 23.5 Å². The summed E-state index contributed by atoms with van der Waals surface area (Å²) < 4.78 is 29.4. The van der Waals surface area contributed by atoms with Crippen LogP contribution in [0.5, 0.6) is 5.75 Å². The van der Waals surface area contributed by atoms with Crippen LogP contribution in [0.3, 0.4) is 0 Å². The lowest BCUT2D eigenvalue weighted by Crippen LogP contribution is -2.34. The van der Waals surface area contributed by atoms with E-state index in [1.54, 1.807) is 39.0 Å². The van der Waals surface area contributed by atoms with Crippen molar-refractivity contribution in [2.24, 2.45) is 0 Å². The molecular formula is C19H22FNO5. The molecule has 26 heavy (non-hydrogen) atoms. The number of fused-ring (bicyclic) bond motifs is 1. The zero-order chi connectivity index (χ0) is 19.3. The van der Waals surface area contributed by atoms with Crippen LogP contribution < -0.4 is 10.1 Å². The van der Waals surface area contributed by atoms with E-state index in [9.17, 15) is 14.0 Å². The van der Waals surface area contributed by atoms with E-state index in [0.717, 1.165) is 0 Å². The summed E-state index contributed by atoms with van der Waals surface area (Å²) in [5, 5.41) is 3.44. The van der Waals surface area contributed by atoms with Crippen molar-refractivity contribution in [3.8, 4) is 5.75 Å². The Morgan fingerprint density at radius 1 is 1.19 bits per heavy atom. The van der Waals surface area contributed by atoms with Gasteiger partial charge in [-0.2, -0.15) is 0 Å². The summed E-state index contributed by atoms with van der Waals surface area (Å²) >= 11 is 0. The molecule has 2 rings (SSSR count). The van der Waals surface area contributed by atoms with Gasteiger partial charge >= 0.3 is 12.1 Å². The van der Waals surface area contributed by atoms with Crippen molar-refractivity contribution in [1.29, 1.82) is 0 Å². The second-order valence-corrected chi connectivity index (χ2v) is 6.58. The maximum Gasteiger partial charge on any atom is 0.407 e. The zero-order valence-electron chi connectivity index (χ0n) is 15.2. The van der Waals surface area contributed by atoms with Crippen LogP contribution in [0.4, 0.5) is 9.18 Å². The fourth-order valence-corrected chi connectivity index (χ4v) is 2.28. The van der Waals surface area contributed by atoms with Crippen molar-refractivity contribution >= 4 is 22.8 Å². The van der Waals surface area contributed by atoms with Crippen molar-refractivity contribution in [3.05, 3.63) is 41.7 Å². The van der Waals surface area contributed by atoms with Gasteiger partial charge in [0.1, 0.15) is 29.3 Å². The molecule has 1 N–H and O–H groups in total. The molecule has 2 aromatic rings. The third-order valence-electron chi connectivity index (χ3n) is 3.36. The second kappa shape index (κ2) is 8.03. The molecule has 0 bridgehead atoms. The lowest BCUT2D eigenvalue weighted by Gasteiger charge is -2.19. The topological polar surface area (TPSA) is 73.9 Å². The first-order valence-corrected chi connectivity index (χ1v) is 8.11. The van der Waals surface area contributed by atoms with Gasteiger partial charge in [0.05, 0.1) is 13.7 Å². The summed E-state index contributed by atoms with van der Waals surface area (Å²) in [5.74, 6) is -0.822. The summed E-state index contributed by atoms with van der Waals surface area (Å²) in [6, 6.07) is 7.56. The van der Waals surface area contributed by atoms with E-state index in [4.69, 9.17) is 14.2 Å². The molecule has 6 nitrogen and oxygen atoms in total. The number of benzene rings is 2. The lowest BCUT2D eigenvalue weighted by atomic mass is 10.1. The molecule has 7 heteroatoms. The van der Waals surface area contributed by atoms with E-state index in [1.807, 2.05) is 0 Å². The van der Waals surface area contributed by atoms with E-state index >= 15 is 0 Å². The number of carbonyl (C=O) groups excluding carboxylic acids is 2. The van der Waals surface area contributed by atoms with Crippen LogP contribution in [-0.4, -0.2) is 37.9 Å². The molecular weight excluding hydrogens is 341 g/mol. The van der Waals surface area contributed by atoms with Gasteiger partial charge in [-0.05, 0) is 44.4 Å². The highest BCUT2D eigenvalue weighted by Crippen LogP contribution is 2.28. The van der Waals surface area contributed by atoms with Crippen LogP contribution in [0.2, 0.25) is 0 Å². The molecule has 140 valence electrons. The molecule has 0 aliphatic heterocycles. The number of halogens is 1. The molecule has 0 spiro atoms. The Morgan fingerprint density at radius 2 is 1.92 bits per heavy atom. The number of hydrogen-bond acceptors (Lipinski definition) is 5. The number of hydrogen-bond donors (Lipinski definition) is 1. The van der Waals surface area contributed by atoms with E-state index in [0.29, 0.717) is 10.8 Å². The average molecular weight is 363 g/mol. The van der Waals surface area contributed by atoms with Crippen LogP contribution in [-0.2, 0) is 9.47 Å². The highest BCUT2D eigenvalue weighted by molar-refractivity contribution is 5.98. The van der Waals surface area contributed by atoms with Gasteiger partial charge in [0.15, 0.2) is 0 Å².